The van der Waals surface area contributed by atoms with E-state index in [2.05, 4.69) is 10.5 Å². The lowest BCUT2D eigenvalue weighted by atomic mass is 10.0. The number of methoxy groups -OCH3 is 3. The van der Waals surface area contributed by atoms with E-state index < -0.39 is 23.9 Å². The zero-order valence-corrected chi connectivity index (χ0v) is 21.6. The summed E-state index contributed by atoms with van der Waals surface area (Å²) in [7, 11) is 4.58. The Balaban J connectivity index is 1.51. The van der Waals surface area contributed by atoms with Crippen molar-refractivity contribution < 1.29 is 37.0 Å². The first-order valence-electron chi connectivity index (χ1n) is 12.0. The van der Waals surface area contributed by atoms with Crippen molar-refractivity contribution in [2.45, 2.75) is 25.2 Å². The SMILES string of the molecule is COc1ccccc1NC(=O)N(Cc1ccc(C(F)(F)F)cc1)C[C@H]1CC(c2ccc(OC)c(OC)c2)=NO1. The Labute approximate surface area is 223 Å². The molecule has 0 bridgehead atoms. The second-order valence-electron chi connectivity index (χ2n) is 8.74. The van der Waals surface area contributed by atoms with Gasteiger partial charge in [-0.3, -0.25) is 0 Å². The summed E-state index contributed by atoms with van der Waals surface area (Å²) in [5.74, 6) is 1.59. The third kappa shape index (κ3) is 6.73. The van der Waals surface area contributed by atoms with Crippen LogP contribution in [0.5, 0.6) is 17.2 Å². The molecule has 1 N–H and O–H groups in total. The van der Waals surface area contributed by atoms with E-state index in [0.29, 0.717) is 40.6 Å². The highest BCUT2D eigenvalue weighted by molar-refractivity contribution is 6.01. The highest BCUT2D eigenvalue weighted by atomic mass is 19.4. The van der Waals surface area contributed by atoms with Crippen LogP contribution in [0, 0.1) is 0 Å². The first-order valence-corrected chi connectivity index (χ1v) is 12.0. The number of halogens is 3. The maximum absolute atomic E-state index is 13.4. The molecule has 4 rings (SSSR count). The standard InChI is InChI=1S/C28H28F3N3O5/c1-36-24-7-5-4-6-22(24)32-27(35)34(16-18-8-11-20(12-9-18)28(29,30)31)17-21-15-23(33-39-21)19-10-13-25(37-2)26(14-19)38-3/h4-14,21H,15-17H2,1-3H3,(H,32,35)/t21-/m1/s1. The Morgan fingerprint density at radius 1 is 0.974 bits per heavy atom. The van der Waals surface area contributed by atoms with Crippen LogP contribution in [0.2, 0.25) is 0 Å². The number of carbonyl (C=O) groups is 1. The molecular formula is C28H28F3N3O5. The van der Waals surface area contributed by atoms with Crippen molar-refractivity contribution in [3.8, 4) is 17.2 Å². The molecule has 8 nitrogen and oxygen atoms in total. The average molecular weight is 544 g/mol. The first-order chi connectivity index (χ1) is 18.7. The van der Waals surface area contributed by atoms with E-state index in [4.69, 9.17) is 19.0 Å². The van der Waals surface area contributed by atoms with Gasteiger partial charge in [-0.1, -0.05) is 29.4 Å². The third-order valence-corrected chi connectivity index (χ3v) is 6.16. The fourth-order valence-electron chi connectivity index (χ4n) is 4.14. The summed E-state index contributed by atoms with van der Waals surface area (Å²) in [6.45, 7) is 0.174. The second kappa shape index (κ2) is 12.0. The molecule has 0 aromatic heterocycles. The maximum atomic E-state index is 13.4. The Kier molecular flexibility index (Phi) is 8.48. The largest absolute Gasteiger partial charge is 0.495 e. The molecule has 0 saturated heterocycles. The molecule has 1 heterocycles. The third-order valence-electron chi connectivity index (χ3n) is 6.16. The normalized spacial score (nSPS) is 14.7. The molecule has 0 fully saturated rings. The van der Waals surface area contributed by atoms with E-state index in [0.717, 1.165) is 17.7 Å². The number of para-hydroxylation sites is 2. The van der Waals surface area contributed by atoms with Gasteiger partial charge < -0.3 is 29.3 Å². The minimum atomic E-state index is -4.45. The van der Waals surface area contributed by atoms with Gasteiger partial charge in [-0.05, 0) is 48.0 Å². The molecule has 1 aliphatic rings. The molecule has 0 aliphatic carbocycles. The summed E-state index contributed by atoms with van der Waals surface area (Å²) < 4.78 is 55.1. The number of urea groups is 1. The molecule has 0 radical (unpaired) electrons. The molecular weight excluding hydrogens is 515 g/mol. The first kappa shape index (κ1) is 27.6. The van der Waals surface area contributed by atoms with Crippen LogP contribution in [0.3, 0.4) is 0 Å². The number of hydrogen-bond acceptors (Lipinski definition) is 6. The van der Waals surface area contributed by atoms with Gasteiger partial charge in [0.2, 0.25) is 0 Å². The topological polar surface area (TPSA) is 81.6 Å². The molecule has 1 atom stereocenters. The summed E-state index contributed by atoms with van der Waals surface area (Å²) in [6.07, 6.45) is -4.53. The van der Waals surface area contributed by atoms with Crippen molar-refractivity contribution in [2.75, 3.05) is 33.2 Å². The predicted octanol–water partition coefficient (Wildman–Crippen LogP) is 5.96. The number of hydrogen-bond donors (Lipinski definition) is 1. The van der Waals surface area contributed by atoms with E-state index in [-0.39, 0.29) is 13.1 Å². The summed E-state index contributed by atoms with van der Waals surface area (Å²) in [4.78, 5) is 20.5. The highest BCUT2D eigenvalue weighted by Gasteiger charge is 2.31. The van der Waals surface area contributed by atoms with Crippen LogP contribution in [0.25, 0.3) is 0 Å². The summed E-state index contributed by atoms with van der Waals surface area (Å²) in [5, 5.41) is 7.03. The number of oxime groups is 1. The zero-order valence-electron chi connectivity index (χ0n) is 21.6. The molecule has 2 amide bonds. The van der Waals surface area contributed by atoms with Gasteiger partial charge in [0.1, 0.15) is 5.75 Å². The van der Waals surface area contributed by atoms with Gasteiger partial charge in [-0.25, -0.2) is 4.79 Å². The Bertz CT molecular complexity index is 1330. The van der Waals surface area contributed by atoms with Gasteiger partial charge in [0, 0.05) is 18.5 Å². The number of rotatable bonds is 9. The lowest BCUT2D eigenvalue weighted by Gasteiger charge is -2.26. The predicted molar refractivity (Wildman–Crippen MR) is 139 cm³/mol. The van der Waals surface area contributed by atoms with E-state index in [1.165, 1.54) is 31.3 Å². The molecule has 206 valence electrons. The number of benzene rings is 3. The fourth-order valence-corrected chi connectivity index (χ4v) is 4.14. The lowest BCUT2D eigenvalue weighted by Crippen LogP contribution is -2.40. The van der Waals surface area contributed by atoms with Crippen LogP contribution < -0.4 is 19.5 Å². The zero-order chi connectivity index (χ0) is 28.0. The van der Waals surface area contributed by atoms with Crippen LogP contribution in [0.15, 0.2) is 71.9 Å². The van der Waals surface area contributed by atoms with Gasteiger partial charge in [-0.15, -0.1) is 0 Å². The Morgan fingerprint density at radius 3 is 2.33 bits per heavy atom. The van der Waals surface area contributed by atoms with Crippen molar-refractivity contribution in [3.05, 3.63) is 83.4 Å². The van der Waals surface area contributed by atoms with Crippen molar-refractivity contribution in [2.24, 2.45) is 5.16 Å². The Hall–Kier alpha value is -4.41. The van der Waals surface area contributed by atoms with E-state index in [1.807, 2.05) is 6.07 Å². The number of anilines is 1. The minimum absolute atomic E-state index is 0.0463. The number of carbonyl (C=O) groups excluding carboxylic acids is 1. The number of nitrogens with one attached hydrogen (secondary N) is 1. The highest BCUT2D eigenvalue weighted by Crippen LogP contribution is 2.31. The molecule has 11 heteroatoms. The van der Waals surface area contributed by atoms with E-state index in [9.17, 15) is 18.0 Å². The number of nitrogens with zero attached hydrogens (tertiary/aromatic N) is 2. The summed E-state index contributed by atoms with van der Waals surface area (Å²) >= 11 is 0. The van der Waals surface area contributed by atoms with Gasteiger partial charge in [0.15, 0.2) is 17.6 Å². The van der Waals surface area contributed by atoms with Crippen molar-refractivity contribution in [1.82, 2.24) is 4.90 Å². The molecule has 3 aromatic carbocycles. The van der Waals surface area contributed by atoms with Gasteiger partial charge >= 0.3 is 12.2 Å². The van der Waals surface area contributed by atoms with Crippen molar-refractivity contribution in [1.29, 1.82) is 0 Å². The van der Waals surface area contributed by atoms with Crippen LogP contribution in [-0.4, -0.2) is 50.6 Å². The van der Waals surface area contributed by atoms with E-state index >= 15 is 0 Å². The number of alkyl halides is 3. The molecule has 3 aromatic rings. The van der Waals surface area contributed by atoms with Crippen molar-refractivity contribution in [3.63, 3.8) is 0 Å². The smallest absolute Gasteiger partial charge is 0.416 e. The van der Waals surface area contributed by atoms with Crippen LogP contribution >= 0.6 is 0 Å². The van der Waals surface area contributed by atoms with Gasteiger partial charge in [0.05, 0.1) is 44.8 Å². The van der Waals surface area contributed by atoms with Crippen LogP contribution in [0.1, 0.15) is 23.1 Å². The van der Waals surface area contributed by atoms with E-state index in [1.54, 1.807) is 43.5 Å². The monoisotopic (exact) mass is 543 g/mol. The molecule has 39 heavy (non-hydrogen) atoms. The number of amides is 2. The fraction of sp³-hybridized carbons (Fsp3) is 0.286. The summed E-state index contributed by atoms with van der Waals surface area (Å²) in [6, 6.07) is 16.5. The molecule has 1 aliphatic heterocycles. The molecule has 0 saturated carbocycles. The number of ether oxygens (including phenoxy) is 3. The van der Waals surface area contributed by atoms with Gasteiger partial charge in [-0.2, -0.15) is 13.2 Å². The quantitative estimate of drug-likeness (QED) is 0.360. The Morgan fingerprint density at radius 2 is 1.67 bits per heavy atom. The lowest BCUT2D eigenvalue weighted by molar-refractivity contribution is -0.137. The summed E-state index contributed by atoms with van der Waals surface area (Å²) in [5.41, 5.74) is 1.67. The maximum Gasteiger partial charge on any atom is 0.416 e. The van der Waals surface area contributed by atoms with Crippen LogP contribution in [0.4, 0.5) is 23.7 Å². The molecule has 0 unspecified atom stereocenters. The molecule has 0 spiro atoms. The second-order valence-corrected chi connectivity index (χ2v) is 8.74. The van der Waals surface area contributed by atoms with Gasteiger partial charge in [0.25, 0.3) is 0 Å². The average Bonchev–Trinajstić information content (AvgIpc) is 3.41. The van der Waals surface area contributed by atoms with Crippen LogP contribution in [-0.2, 0) is 17.6 Å². The minimum Gasteiger partial charge on any atom is -0.495 e. The van der Waals surface area contributed by atoms with Crippen molar-refractivity contribution >= 4 is 17.4 Å².